The molecule has 1 aromatic heterocycles. The average Bonchev–Trinajstić information content (AvgIpc) is 3.17. The maximum Gasteiger partial charge on any atom is 0.241 e. The van der Waals surface area contributed by atoms with Gasteiger partial charge in [0.05, 0.1) is 0 Å². The van der Waals surface area contributed by atoms with E-state index in [1.165, 1.54) is 5.69 Å². The lowest BCUT2D eigenvalue weighted by molar-refractivity contribution is -0.122. The standard InChI is InChI=1S/C16H19ClN4O/c17-14-2-4-15(5-3-14)20-9-6-13(11-20)10-18-16(22)12-21-8-1-7-19-21/h1-5,7-8,13H,6,9-12H2,(H,18,22)/t13-/m0/s1. The molecule has 0 radical (unpaired) electrons. The smallest absolute Gasteiger partial charge is 0.241 e. The summed E-state index contributed by atoms with van der Waals surface area (Å²) in [5.74, 6) is 0.492. The van der Waals surface area contributed by atoms with Crippen molar-refractivity contribution in [2.45, 2.75) is 13.0 Å². The van der Waals surface area contributed by atoms with Gasteiger partial charge in [0.25, 0.3) is 0 Å². The molecular formula is C16H19ClN4O. The van der Waals surface area contributed by atoms with Crippen molar-refractivity contribution in [2.24, 2.45) is 5.92 Å². The number of hydrogen-bond acceptors (Lipinski definition) is 3. The van der Waals surface area contributed by atoms with Crippen LogP contribution in [0.15, 0.2) is 42.7 Å². The summed E-state index contributed by atoms with van der Waals surface area (Å²) < 4.78 is 1.63. The molecule has 1 saturated heterocycles. The van der Waals surface area contributed by atoms with Gasteiger partial charge in [-0.2, -0.15) is 5.10 Å². The predicted molar refractivity (Wildman–Crippen MR) is 87.0 cm³/mol. The second-order valence-electron chi connectivity index (χ2n) is 5.58. The van der Waals surface area contributed by atoms with Crippen LogP contribution in [0, 0.1) is 5.92 Å². The number of carbonyl (C=O) groups is 1. The number of nitrogens with zero attached hydrogens (tertiary/aromatic N) is 3. The van der Waals surface area contributed by atoms with E-state index in [2.05, 4.69) is 15.3 Å². The first-order valence-electron chi connectivity index (χ1n) is 7.45. The van der Waals surface area contributed by atoms with Gasteiger partial charge in [-0.15, -0.1) is 0 Å². The molecule has 116 valence electrons. The van der Waals surface area contributed by atoms with E-state index in [9.17, 15) is 4.79 Å². The third kappa shape index (κ3) is 3.80. The fourth-order valence-electron chi connectivity index (χ4n) is 2.74. The van der Waals surface area contributed by atoms with Crippen molar-refractivity contribution in [3.63, 3.8) is 0 Å². The second kappa shape index (κ2) is 6.83. The van der Waals surface area contributed by atoms with Gasteiger partial charge in [-0.25, -0.2) is 0 Å². The zero-order valence-electron chi connectivity index (χ0n) is 12.3. The van der Waals surface area contributed by atoms with Gasteiger partial charge >= 0.3 is 0 Å². The summed E-state index contributed by atoms with van der Waals surface area (Å²) in [5, 5.41) is 7.78. The van der Waals surface area contributed by atoms with E-state index in [1.54, 1.807) is 17.1 Å². The summed E-state index contributed by atoms with van der Waals surface area (Å²) in [7, 11) is 0. The van der Waals surface area contributed by atoms with E-state index in [0.29, 0.717) is 12.5 Å². The minimum absolute atomic E-state index is 0.00800. The third-order valence-corrected chi connectivity index (χ3v) is 4.18. The van der Waals surface area contributed by atoms with Crippen LogP contribution in [0.2, 0.25) is 5.02 Å². The molecule has 1 aliphatic heterocycles. The Labute approximate surface area is 134 Å². The van der Waals surface area contributed by atoms with Gasteiger partial charge in [-0.1, -0.05) is 11.6 Å². The number of anilines is 1. The summed E-state index contributed by atoms with van der Waals surface area (Å²) in [5.41, 5.74) is 1.19. The molecule has 2 heterocycles. The van der Waals surface area contributed by atoms with Crippen LogP contribution in [0.1, 0.15) is 6.42 Å². The van der Waals surface area contributed by atoms with E-state index in [4.69, 9.17) is 11.6 Å². The SMILES string of the molecule is O=C(Cn1cccn1)NC[C@@H]1CCN(c2ccc(Cl)cc2)C1. The number of halogens is 1. The molecule has 22 heavy (non-hydrogen) atoms. The van der Waals surface area contributed by atoms with Gasteiger partial charge in [0, 0.05) is 42.7 Å². The van der Waals surface area contributed by atoms with Crippen molar-refractivity contribution < 1.29 is 4.79 Å². The number of nitrogens with one attached hydrogen (secondary N) is 1. The van der Waals surface area contributed by atoms with Crippen LogP contribution in [0.25, 0.3) is 0 Å². The van der Waals surface area contributed by atoms with E-state index in [-0.39, 0.29) is 12.5 Å². The van der Waals surface area contributed by atoms with Crippen molar-refractivity contribution in [1.29, 1.82) is 0 Å². The number of hydrogen-bond donors (Lipinski definition) is 1. The highest BCUT2D eigenvalue weighted by Gasteiger charge is 2.23. The van der Waals surface area contributed by atoms with Crippen molar-refractivity contribution in [2.75, 3.05) is 24.5 Å². The van der Waals surface area contributed by atoms with Gasteiger partial charge < -0.3 is 10.2 Å². The Morgan fingerprint density at radius 2 is 2.18 bits per heavy atom. The molecule has 1 atom stereocenters. The van der Waals surface area contributed by atoms with E-state index >= 15 is 0 Å². The molecule has 0 saturated carbocycles. The first kappa shape index (κ1) is 14.9. The Balaban J connectivity index is 1.45. The molecule has 0 aliphatic carbocycles. The monoisotopic (exact) mass is 318 g/mol. The lowest BCUT2D eigenvalue weighted by Crippen LogP contribution is -2.33. The molecule has 1 aliphatic rings. The first-order chi connectivity index (χ1) is 10.7. The maximum absolute atomic E-state index is 11.9. The van der Waals surface area contributed by atoms with Crippen molar-refractivity contribution in [1.82, 2.24) is 15.1 Å². The van der Waals surface area contributed by atoms with Crippen LogP contribution >= 0.6 is 11.6 Å². The molecule has 2 aromatic rings. The molecule has 3 rings (SSSR count). The first-order valence-corrected chi connectivity index (χ1v) is 7.83. The molecule has 0 bridgehead atoms. The zero-order valence-corrected chi connectivity index (χ0v) is 13.0. The summed E-state index contributed by atoms with van der Waals surface area (Å²) in [6.45, 7) is 2.97. The van der Waals surface area contributed by atoms with Crippen molar-refractivity contribution >= 4 is 23.2 Å². The predicted octanol–water partition coefficient (Wildman–Crippen LogP) is 2.18. The van der Waals surface area contributed by atoms with Crippen LogP contribution in [0.3, 0.4) is 0 Å². The van der Waals surface area contributed by atoms with Crippen LogP contribution in [-0.4, -0.2) is 35.3 Å². The number of aromatic nitrogens is 2. The molecule has 5 nitrogen and oxygen atoms in total. The highest BCUT2D eigenvalue weighted by atomic mass is 35.5. The molecule has 0 spiro atoms. The number of amides is 1. The fraction of sp³-hybridized carbons (Fsp3) is 0.375. The molecule has 6 heteroatoms. The molecule has 1 fully saturated rings. The largest absolute Gasteiger partial charge is 0.371 e. The molecule has 1 amide bonds. The highest BCUT2D eigenvalue weighted by Crippen LogP contribution is 2.24. The molecule has 1 N–H and O–H groups in total. The summed E-state index contributed by atoms with van der Waals surface area (Å²) in [6, 6.07) is 9.72. The normalized spacial score (nSPS) is 17.7. The molecule has 1 aromatic carbocycles. The summed E-state index contributed by atoms with van der Waals surface area (Å²) in [6.07, 6.45) is 4.55. The Morgan fingerprint density at radius 3 is 2.91 bits per heavy atom. The van der Waals surface area contributed by atoms with Gasteiger partial charge in [-0.05, 0) is 42.7 Å². The van der Waals surface area contributed by atoms with Crippen molar-refractivity contribution in [3.8, 4) is 0 Å². The Kier molecular flexibility index (Phi) is 4.63. The number of rotatable bonds is 5. The van der Waals surface area contributed by atoms with Gasteiger partial charge in [-0.3, -0.25) is 9.48 Å². The quantitative estimate of drug-likeness (QED) is 0.919. The number of benzene rings is 1. The van der Waals surface area contributed by atoms with Gasteiger partial charge in [0.2, 0.25) is 5.91 Å². The van der Waals surface area contributed by atoms with Crippen LogP contribution in [0.5, 0.6) is 0 Å². The Morgan fingerprint density at radius 1 is 1.36 bits per heavy atom. The number of carbonyl (C=O) groups excluding carboxylic acids is 1. The maximum atomic E-state index is 11.9. The fourth-order valence-corrected chi connectivity index (χ4v) is 2.87. The average molecular weight is 319 g/mol. The van der Waals surface area contributed by atoms with E-state index < -0.39 is 0 Å². The molecular weight excluding hydrogens is 300 g/mol. The van der Waals surface area contributed by atoms with Gasteiger partial charge in [0.1, 0.15) is 6.54 Å². The molecule has 0 unspecified atom stereocenters. The zero-order chi connectivity index (χ0) is 15.4. The second-order valence-corrected chi connectivity index (χ2v) is 6.02. The lowest BCUT2D eigenvalue weighted by Gasteiger charge is -2.19. The minimum Gasteiger partial charge on any atom is -0.371 e. The highest BCUT2D eigenvalue weighted by molar-refractivity contribution is 6.30. The Bertz CT molecular complexity index is 612. The Hall–Kier alpha value is -2.01. The third-order valence-electron chi connectivity index (χ3n) is 3.93. The lowest BCUT2D eigenvalue weighted by atomic mass is 10.1. The van der Waals surface area contributed by atoms with Gasteiger partial charge in [0.15, 0.2) is 0 Å². The summed E-state index contributed by atoms with van der Waals surface area (Å²) >= 11 is 5.92. The van der Waals surface area contributed by atoms with E-state index in [1.807, 2.05) is 30.3 Å². The van der Waals surface area contributed by atoms with Crippen LogP contribution < -0.4 is 10.2 Å². The van der Waals surface area contributed by atoms with Crippen molar-refractivity contribution in [3.05, 3.63) is 47.7 Å². The minimum atomic E-state index is 0.00800. The summed E-state index contributed by atoms with van der Waals surface area (Å²) in [4.78, 5) is 14.2. The van der Waals surface area contributed by atoms with E-state index in [0.717, 1.165) is 24.5 Å². The van der Waals surface area contributed by atoms with Crippen LogP contribution in [-0.2, 0) is 11.3 Å². The topological polar surface area (TPSA) is 50.2 Å². The van der Waals surface area contributed by atoms with Crippen LogP contribution in [0.4, 0.5) is 5.69 Å².